The molecule has 116 valence electrons. The maximum absolute atomic E-state index is 5.30. The van der Waals surface area contributed by atoms with E-state index in [4.69, 9.17) is 9.72 Å². The van der Waals surface area contributed by atoms with E-state index >= 15 is 0 Å². The number of hydrogen-bond donors (Lipinski definition) is 0. The highest BCUT2D eigenvalue weighted by Gasteiger charge is 2.10. The minimum atomic E-state index is 0.516. The molecule has 0 saturated heterocycles. The van der Waals surface area contributed by atoms with Crippen molar-refractivity contribution in [1.82, 2.24) is 4.98 Å². The van der Waals surface area contributed by atoms with Crippen LogP contribution in [-0.2, 0) is 0 Å². The first kappa shape index (κ1) is 16.6. The minimum Gasteiger partial charge on any atom is -0.497 e. The van der Waals surface area contributed by atoms with Crippen molar-refractivity contribution in [2.75, 3.05) is 13.7 Å². The number of fused-ring (bicyclic) bond motifs is 1. The normalized spacial score (nSPS) is 12.0. The average Bonchev–Trinajstić information content (AvgIpc) is 2.50. The number of nitrogens with zero attached hydrogens (tertiary/aromatic N) is 2. The molecule has 0 aliphatic carbocycles. The highest BCUT2D eigenvalue weighted by Crippen LogP contribution is 2.25. The van der Waals surface area contributed by atoms with Crippen LogP contribution in [0.1, 0.15) is 25.1 Å². The molecule has 0 aliphatic rings. The summed E-state index contributed by atoms with van der Waals surface area (Å²) in [6.07, 6.45) is 0. The molecule has 2 rings (SSSR count). The Morgan fingerprint density at radius 3 is 2.82 bits per heavy atom. The Hall–Kier alpha value is -1.81. The third-order valence-electron chi connectivity index (χ3n) is 3.24. The highest BCUT2D eigenvalue weighted by molar-refractivity contribution is 8.16. The number of aliphatic imine (C=N–C) groups is 1. The average molecular weight is 314 g/mol. The summed E-state index contributed by atoms with van der Waals surface area (Å²) in [4.78, 5) is 9.45. The fourth-order valence-corrected chi connectivity index (χ4v) is 2.67. The molecule has 3 nitrogen and oxygen atoms in total. The molecule has 1 aromatic heterocycles. The molecule has 0 N–H and O–H groups in total. The van der Waals surface area contributed by atoms with Crippen molar-refractivity contribution in [2.24, 2.45) is 10.9 Å². The van der Waals surface area contributed by atoms with E-state index in [0.29, 0.717) is 5.92 Å². The van der Waals surface area contributed by atoms with Gasteiger partial charge < -0.3 is 4.74 Å². The predicted octanol–water partition coefficient (Wildman–Crippen LogP) is 4.83. The van der Waals surface area contributed by atoms with Crippen LogP contribution in [0.4, 0.5) is 0 Å². The van der Waals surface area contributed by atoms with E-state index in [1.54, 1.807) is 12.5 Å². The number of ether oxygens (including phenoxy) is 1. The van der Waals surface area contributed by atoms with Crippen LogP contribution in [0.2, 0.25) is 0 Å². The maximum atomic E-state index is 5.30. The Labute approximate surface area is 136 Å². The predicted molar refractivity (Wildman–Crippen MR) is 97.1 cm³/mol. The standard InChI is InChI=1S/C18H22N2OS/c1-6-22-18(19-11-12(2)3)17-9-13(4)15-8-7-14(21-5)10-16(15)20-17/h6-10,12H,1,11H2,2-5H3. The van der Waals surface area contributed by atoms with Crippen LogP contribution in [0.15, 0.2) is 41.2 Å². The number of thioether (sulfide) groups is 1. The first-order chi connectivity index (χ1) is 10.5. The molecular formula is C18H22N2OS. The zero-order valence-corrected chi connectivity index (χ0v) is 14.4. The number of benzene rings is 1. The number of rotatable bonds is 5. The molecule has 0 spiro atoms. The molecule has 1 heterocycles. The quantitative estimate of drug-likeness (QED) is 0.585. The smallest absolute Gasteiger partial charge is 0.121 e. The lowest BCUT2D eigenvalue weighted by atomic mass is 10.1. The second kappa shape index (κ2) is 7.45. The summed E-state index contributed by atoms with van der Waals surface area (Å²) in [5.41, 5.74) is 3.00. The van der Waals surface area contributed by atoms with Crippen molar-refractivity contribution in [3.05, 3.63) is 47.5 Å². The van der Waals surface area contributed by atoms with Crippen molar-refractivity contribution >= 4 is 27.7 Å². The molecule has 0 amide bonds. The molecule has 4 heteroatoms. The molecule has 0 fully saturated rings. The molecule has 0 aliphatic heterocycles. The molecule has 1 aromatic carbocycles. The van der Waals surface area contributed by atoms with Gasteiger partial charge >= 0.3 is 0 Å². The van der Waals surface area contributed by atoms with E-state index in [0.717, 1.165) is 33.9 Å². The van der Waals surface area contributed by atoms with E-state index in [1.807, 2.05) is 18.2 Å². The number of methoxy groups -OCH3 is 1. The Kier molecular flexibility index (Phi) is 5.61. The molecule has 0 radical (unpaired) electrons. The van der Waals surface area contributed by atoms with Crippen molar-refractivity contribution in [2.45, 2.75) is 20.8 Å². The summed E-state index contributed by atoms with van der Waals surface area (Å²) in [5.74, 6) is 1.33. The molecular weight excluding hydrogens is 292 g/mol. The van der Waals surface area contributed by atoms with Crippen molar-refractivity contribution in [1.29, 1.82) is 0 Å². The number of hydrogen-bond acceptors (Lipinski definition) is 4. The van der Waals surface area contributed by atoms with Crippen LogP contribution >= 0.6 is 11.8 Å². The van der Waals surface area contributed by atoms with Crippen LogP contribution < -0.4 is 4.74 Å². The van der Waals surface area contributed by atoms with E-state index in [9.17, 15) is 0 Å². The molecule has 22 heavy (non-hydrogen) atoms. The fourth-order valence-electron chi connectivity index (χ4n) is 2.14. The van der Waals surface area contributed by atoms with Gasteiger partial charge in [-0.05, 0) is 42.0 Å². The van der Waals surface area contributed by atoms with Gasteiger partial charge in [-0.3, -0.25) is 4.99 Å². The Balaban J connectivity index is 2.52. The van der Waals surface area contributed by atoms with E-state index < -0.39 is 0 Å². The third-order valence-corrected chi connectivity index (χ3v) is 3.97. The Bertz CT molecular complexity index is 708. The van der Waals surface area contributed by atoms with Crippen LogP contribution in [-0.4, -0.2) is 23.7 Å². The summed E-state index contributed by atoms with van der Waals surface area (Å²) in [7, 11) is 1.67. The monoisotopic (exact) mass is 314 g/mol. The first-order valence-electron chi connectivity index (χ1n) is 7.33. The van der Waals surface area contributed by atoms with Gasteiger partial charge in [-0.25, -0.2) is 4.98 Å². The van der Waals surface area contributed by atoms with Gasteiger partial charge in [0.25, 0.3) is 0 Å². The number of aromatic nitrogens is 1. The molecule has 0 bridgehead atoms. The molecule has 0 atom stereocenters. The van der Waals surface area contributed by atoms with Gasteiger partial charge in [0, 0.05) is 18.0 Å². The van der Waals surface area contributed by atoms with Gasteiger partial charge in [0.2, 0.25) is 0 Å². The SMILES string of the molecule is C=CSC(=NCC(C)C)c1cc(C)c2ccc(OC)cc2n1. The highest BCUT2D eigenvalue weighted by atomic mass is 32.2. The summed E-state index contributed by atoms with van der Waals surface area (Å²) < 4.78 is 5.30. The lowest BCUT2D eigenvalue weighted by molar-refractivity contribution is 0.415. The van der Waals surface area contributed by atoms with Crippen LogP contribution in [0, 0.1) is 12.8 Å². The van der Waals surface area contributed by atoms with E-state index in [-0.39, 0.29) is 0 Å². The van der Waals surface area contributed by atoms with Gasteiger partial charge in [0.15, 0.2) is 0 Å². The lowest BCUT2D eigenvalue weighted by Gasteiger charge is -2.10. The summed E-state index contributed by atoms with van der Waals surface area (Å²) in [5, 5.41) is 3.85. The van der Waals surface area contributed by atoms with Gasteiger partial charge in [-0.1, -0.05) is 32.2 Å². The second-order valence-electron chi connectivity index (χ2n) is 5.53. The second-order valence-corrected chi connectivity index (χ2v) is 6.49. The number of aryl methyl sites for hydroxylation is 1. The number of pyridine rings is 1. The zero-order valence-electron chi connectivity index (χ0n) is 13.6. The van der Waals surface area contributed by atoms with Gasteiger partial charge in [-0.15, -0.1) is 0 Å². The van der Waals surface area contributed by atoms with Crippen LogP contribution in [0.5, 0.6) is 5.75 Å². The fraction of sp³-hybridized carbons (Fsp3) is 0.333. The van der Waals surface area contributed by atoms with Gasteiger partial charge in [0.1, 0.15) is 10.8 Å². The Morgan fingerprint density at radius 1 is 1.41 bits per heavy atom. The summed E-state index contributed by atoms with van der Waals surface area (Å²) in [6, 6.07) is 8.06. The van der Waals surface area contributed by atoms with E-state index in [2.05, 4.69) is 38.4 Å². The molecule has 0 unspecified atom stereocenters. The summed E-state index contributed by atoms with van der Waals surface area (Å²) in [6.45, 7) is 11.0. The molecule has 2 aromatic rings. The van der Waals surface area contributed by atoms with Crippen molar-refractivity contribution in [3.63, 3.8) is 0 Å². The van der Waals surface area contributed by atoms with Crippen LogP contribution in [0.3, 0.4) is 0 Å². The van der Waals surface area contributed by atoms with Crippen LogP contribution in [0.25, 0.3) is 10.9 Å². The lowest BCUT2D eigenvalue weighted by Crippen LogP contribution is -2.03. The summed E-state index contributed by atoms with van der Waals surface area (Å²) >= 11 is 1.52. The van der Waals surface area contributed by atoms with Crippen molar-refractivity contribution < 1.29 is 4.74 Å². The first-order valence-corrected chi connectivity index (χ1v) is 8.21. The Morgan fingerprint density at radius 2 is 2.18 bits per heavy atom. The zero-order chi connectivity index (χ0) is 16.1. The van der Waals surface area contributed by atoms with Gasteiger partial charge in [0.05, 0.1) is 18.3 Å². The maximum Gasteiger partial charge on any atom is 0.121 e. The minimum absolute atomic E-state index is 0.516. The van der Waals surface area contributed by atoms with Gasteiger partial charge in [-0.2, -0.15) is 0 Å². The largest absolute Gasteiger partial charge is 0.497 e. The van der Waals surface area contributed by atoms with Crippen molar-refractivity contribution in [3.8, 4) is 5.75 Å². The van der Waals surface area contributed by atoms with E-state index in [1.165, 1.54) is 17.3 Å². The topological polar surface area (TPSA) is 34.5 Å². The molecule has 0 saturated carbocycles. The third kappa shape index (κ3) is 3.89.